The van der Waals surface area contributed by atoms with E-state index in [1.54, 1.807) is 7.11 Å². The molecular formula is C14H24N4O2. The zero-order chi connectivity index (χ0) is 14.1. The zero-order valence-electron chi connectivity index (χ0n) is 12.6. The maximum atomic E-state index is 5.45. The van der Waals surface area contributed by atoms with Gasteiger partial charge in [-0.2, -0.15) is 4.98 Å². The molecule has 112 valence electrons. The van der Waals surface area contributed by atoms with E-state index in [9.17, 15) is 0 Å². The van der Waals surface area contributed by atoms with Gasteiger partial charge in [0.05, 0.1) is 12.6 Å². The third-order valence-corrected chi connectivity index (χ3v) is 4.34. The predicted octanol–water partition coefficient (Wildman–Crippen LogP) is 1.10. The second-order valence-electron chi connectivity index (χ2n) is 6.20. The zero-order valence-corrected chi connectivity index (χ0v) is 12.6. The molecule has 0 radical (unpaired) electrons. The quantitative estimate of drug-likeness (QED) is 0.778. The molecule has 0 bridgehead atoms. The van der Waals surface area contributed by atoms with E-state index in [1.807, 2.05) is 0 Å². The smallest absolute Gasteiger partial charge is 0.240 e. The molecule has 0 unspecified atom stereocenters. The van der Waals surface area contributed by atoms with Crippen LogP contribution in [0.2, 0.25) is 0 Å². The summed E-state index contributed by atoms with van der Waals surface area (Å²) in [7, 11) is 6.06. The van der Waals surface area contributed by atoms with E-state index in [0.29, 0.717) is 18.1 Å². The largest absolute Gasteiger partial charge is 0.380 e. The minimum atomic E-state index is 0.364. The van der Waals surface area contributed by atoms with Crippen LogP contribution in [0, 0.1) is 0 Å². The highest BCUT2D eigenvalue weighted by Crippen LogP contribution is 2.38. The van der Waals surface area contributed by atoms with Crippen molar-refractivity contribution in [1.82, 2.24) is 19.9 Å². The predicted molar refractivity (Wildman–Crippen MR) is 74.4 cm³/mol. The first-order chi connectivity index (χ1) is 9.65. The van der Waals surface area contributed by atoms with E-state index < -0.39 is 0 Å². The van der Waals surface area contributed by atoms with Crippen molar-refractivity contribution >= 4 is 0 Å². The molecule has 0 aromatic carbocycles. The van der Waals surface area contributed by atoms with Gasteiger partial charge in [0.2, 0.25) is 5.89 Å². The highest BCUT2D eigenvalue weighted by Gasteiger charge is 2.31. The molecule has 0 spiro atoms. The Hall–Kier alpha value is -0.980. The summed E-state index contributed by atoms with van der Waals surface area (Å²) in [5.41, 5.74) is 0. The second kappa shape index (κ2) is 5.79. The molecule has 20 heavy (non-hydrogen) atoms. The molecule has 2 heterocycles. The first-order valence-electron chi connectivity index (χ1n) is 7.39. The van der Waals surface area contributed by atoms with Crippen molar-refractivity contribution in [3.05, 3.63) is 11.7 Å². The molecule has 0 amide bonds. The Labute approximate surface area is 120 Å². The van der Waals surface area contributed by atoms with Crippen LogP contribution < -0.4 is 0 Å². The van der Waals surface area contributed by atoms with Gasteiger partial charge >= 0.3 is 0 Å². The van der Waals surface area contributed by atoms with Gasteiger partial charge in [-0.25, -0.2) is 0 Å². The molecule has 1 saturated carbocycles. The third-order valence-electron chi connectivity index (χ3n) is 4.34. The van der Waals surface area contributed by atoms with Crippen molar-refractivity contribution in [3.8, 4) is 0 Å². The van der Waals surface area contributed by atoms with Gasteiger partial charge < -0.3 is 9.26 Å². The lowest BCUT2D eigenvalue weighted by Gasteiger charge is -2.24. The Morgan fingerprint density at radius 1 is 1.45 bits per heavy atom. The monoisotopic (exact) mass is 280 g/mol. The molecule has 1 aromatic heterocycles. The summed E-state index contributed by atoms with van der Waals surface area (Å²) in [4.78, 5) is 9.10. The highest BCUT2D eigenvalue weighted by molar-refractivity contribution is 5.03. The number of hydrogen-bond acceptors (Lipinski definition) is 6. The van der Waals surface area contributed by atoms with Crippen molar-refractivity contribution in [2.75, 3.05) is 34.3 Å². The van der Waals surface area contributed by atoms with Gasteiger partial charge in [0.1, 0.15) is 0 Å². The molecule has 1 aliphatic carbocycles. The van der Waals surface area contributed by atoms with Crippen LogP contribution in [0.25, 0.3) is 0 Å². The fourth-order valence-electron chi connectivity index (χ4n) is 2.91. The number of hydrogen-bond donors (Lipinski definition) is 0. The lowest BCUT2D eigenvalue weighted by molar-refractivity contribution is 0.111. The van der Waals surface area contributed by atoms with Crippen LogP contribution in [0.4, 0.5) is 0 Å². The molecule has 3 rings (SSSR count). The van der Waals surface area contributed by atoms with Crippen LogP contribution in [0.5, 0.6) is 0 Å². The Morgan fingerprint density at radius 3 is 2.90 bits per heavy atom. The molecular weight excluding hydrogens is 256 g/mol. The molecule has 1 saturated heterocycles. The topological polar surface area (TPSA) is 54.6 Å². The van der Waals surface area contributed by atoms with Crippen LogP contribution in [0.15, 0.2) is 4.52 Å². The van der Waals surface area contributed by atoms with E-state index >= 15 is 0 Å². The average Bonchev–Trinajstić information content (AvgIpc) is 3.08. The van der Waals surface area contributed by atoms with E-state index in [4.69, 9.17) is 9.26 Å². The molecule has 0 N–H and O–H groups in total. The van der Waals surface area contributed by atoms with Crippen molar-refractivity contribution in [2.45, 2.75) is 43.9 Å². The van der Waals surface area contributed by atoms with Gasteiger partial charge in [-0.05, 0) is 33.4 Å². The molecule has 1 aliphatic heterocycles. The minimum absolute atomic E-state index is 0.364. The number of ether oxygens (including phenoxy) is 1. The number of rotatable bonds is 6. The number of likely N-dealkylation sites (N-methyl/N-ethyl adjacent to an activating group) is 2. The molecule has 1 aromatic rings. The standard InChI is InChI=1S/C14H24N4O2/c1-17(7-11-6-12(19-3)8-18(11)2)9-13-15-14(16-20-13)10-4-5-10/h10-12H,4-9H2,1-3H3/t11-,12-/m0/s1. The number of likely N-dealkylation sites (tertiary alicyclic amines) is 1. The molecule has 2 fully saturated rings. The summed E-state index contributed by atoms with van der Waals surface area (Å²) in [6, 6.07) is 0.538. The fraction of sp³-hybridized carbons (Fsp3) is 0.857. The average molecular weight is 280 g/mol. The maximum absolute atomic E-state index is 5.45. The lowest BCUT2D eigenvalue weighted by Crippen LogP contribution is -2.36. The summed E-state index contributed by atoms with van der Waals surface area (Å²) < 4.78 is 10.8. The normalized spacial score (nSPS) is 27.6. The SMILES string of the molecule is CO[C@H]1C[C@@H](CN(C)Cc2nc(C3CC3)no2)N(C)C1. The summed E-state index contributed by atoms with van der Waals surface area (Å²) in [6.45, 7) is 2.74. The van der Waals surface area contributed by atoms with Crippen LogP contribution in [-0.2, 0) is 11.3 Å². The minimum Gasteiger partial charge on any atom is -0.380 e. The summed E-state index contributed by atoms with van der Waals surface area (Å²) >= 11 is 0. The van der Waals surface area contributed by atoms with Crippen LogP contribution in [-0.4, -0.2) is 66.4 Å². The highest BCUT2D eigenvalue weighted by atomic mass is 16.5. The van der Waals surface area contributed by atoms with Gasteiger partial charge in [0.25, 0.3) is 0 Å². The Kier molecular flexibility index (Phi) is 4.05. The van der Waals surface area contributed by atoms with Crippen LogP contribution >= 0.6 is 0 Å². The van der Waals surface area contributed by atoms with Crippen molar-refractivity contribution in [3.63, 3.8) is 0 Å². The molecule has 6 nitrogen and oxygen atoms in total. The van der Waals surface area contributed by atoms with E-state index in [1.165, 1.54) is 12.8 Å². The Morgan fingerprint density at radius 2 is 2.25 bits per heavy atom. The third kappa shape index (κ3) is 3.19. The second-order valence-corrected chi connectivity index (χ2v) is 6.20. The van der Waals surface area contributed by atoms with E-state index in [0.717, 1.165) is 37.8 Å². The van der Waals surface area contributed by atoms with Gasteiger partial charge in [0.15, 0.2) is 5.82 Å². The summed E-state index contributed by atoms with van der Waals surface area (Å²) in [6.07, 6.45) is 3.87. The van der Waals surface area contributed by atoms with Gasteiger partial charge in [-0.3, -0.25) is 9.80 Å². The Balaban J connectivity index is 1.49. The number of methoxy groups -OCH3 is 1. The number of aromatic nitrogens is 2. The van der Waals surface area contributed by atoms with Crippen molar-refractivity contribution < 1.29 is 9.26 Å². The van der Waals surface area contributed by atoms with Crippen LogP contribution in [0.1, 0.15) is 36.9 Å². The molecule has 2 aliphatic rings. The Bertz CT molecular complexity index is 446. The molecule has 2 atom stereocenters. The van der Waals surface area contributed by atoms with Crippen molar-refractivity contribution in [1.29, 1.82) is 0 Å². The van der Waals surface area contributed by atoms with Gasteiger partial charge in [-0.15, -0.1) is 0 Å². The summed E-state index contributed by atoms with van der Waals surface area (Å²) in [5, 5.41) is 4.06. The van der Waals surface area contributed by atoms with Gasteiger partial charge in [-0.1, -0.05) is 5.16 Å². The molecule has 6 heteroatoms. The first-order valence-corrected chi connectivity index (χ1v) is 7.39. The van der Waals surface area contributed by atoms with Crippen molar-refractivity contribution in [2.24, 2.45) is 0 Å². The first kappa shape index (κ1) is 14.0. The van der Waals surface area contributed by atoms with Crippen LogP contribution in [0.3, 0.4) is 0 Å². The number of nitrogens with zero attached hydrogens (tertiary/aromatic N) is 4. The van der Waals surface area contributed by atoms with Gasteiger partial charge in [0, 0.05) is 32.2 Å². The summed E-state index contributed by atoms with van der Waals surface area (Å²) in [5.74, 6) is 2.19. The van der Waals surface area contributed by atoms with E-state index in [2.05, 4.69) is 34.0 Å². The fourth-order valence-corrected chi connectivity index (χ4v) is 2.91. The van der Waals surface area contributed by atoms with E-state index in [-0.39, 0.29) is 0 Å². The maximum Gasteiger partial charge on any atom is 0.240 e. The lowest BCUT2D eigenvalue weighted by atomic mass is 10.2.